The van der Waals surface area contributed by atoms with Crippen molar-refractivity contribution in [3.8, 4) is 11.4 Å². The summed E-state index contributed by atoms with van der Waals surface area (Å²) in [5, 5.41) is 9.99. The van der Waals surface area contributed by atoms with Crippen molar-refractivity contribution < 1.29 is 13.3 Å². The molecular formula is C49H30N2O3. The summed E-state index contributed by atoms with van der Waals surface area (Å²) in [5.41, 5.74) is 12.1. The molecule has 0 spiro atoms. The molecule has 12 rings (SSSR count). The summed E-state index contributed by atoms with van der Waals surface area (Å²) >= 11 is 0. The van der Waals surface area contributed by atoms with Gasteiger partial charge in [-0.25, -0.2) is 0 Å². The first kappa shape index (κ1) is 29.3. The molecule has 0 aliphatic rings. The number of nitrogens with zero attached hydrogens (tertiary/aromatic N) is 2. The summed E-state index contributed by atoms with van der Waals surface area (Å²) < 4.78 is 24.2. The largest absolute Gasteiger partial charge is 0.461 e. The Morgan fingerprint density at radius 1 is 0.463 bits per heavy atom. The summed E-state index contributed by atoms with van der Waals surface area (Å²) in [6.07, 6.45) is 5.81. The van der Waals surface area contributed by atoms with Gasteiger partial charge in [-0.1, -0.05) is 79.4 Å². The summed E-state index contributed by atoms with van der Waals surface area (Å²) in [4.78, 5) is 0. The van der Waals surface area contributed by atoms with E-state index in [9.17, 15) is 0 Å². The fraction of sp³-hybridized carbons (Fsp3) is 0.0204. The Morgan fingerprint density at radius 2 is 1.00 bits per heavy atom. The van der Waals surface area contributed by atoms with Gasteiger partial charge >= 0.3 is 0 Å². The van der Waals surface area contributed by atoms with Crippen LogP contribution in [-0.2, 0) is 0 Å². The molecule has 0 saturated heterocycles. The number of fused-ring (bicyclic) bond motifs is 15. The Hall–Kier alpha value is -7.24. The molecule has 54 heavy (non-hydrogen) atoms. The zero-order valence-corrected chi connectivity index (χ0v) is 29.3. The van der Waals surface area contributed by atoms with Crippen LogP contribution in [0.15, 0.2) is 165 Å². The van der Waals surface area contributed by atoms with E-state index < -0.39 is 0 Å². The first-order valence-electron chi connectivity index (χ1n) is 18.2. The Labute approximate surface area is 307 Å². The van der Waals surface area contributed by atoms with Crippen molar-refractivity contribution >= 4 is 105 Å². The number of hydrogen-bond donors (Lipinski definition) is 0. The summed E-state index contributed by atoms with van der Waals surface area (Å²) in [6, 6.07) is 47.3. The van der Waals surface area contributed by atoms with E-state index in [0.717, 1.165) is 121 Å². The van der Waals surface area contributed by atoms with Gasteiger partial charge in [0.15, 0.2) is 0 Å². The van der Waals surface area contributed by atoms with Gasteiger partial charge < -0.3 is 22.4 Å². The highest BCUT2D eigenvalue weighted by molar-refractivity contribution is 6.29. The first-order valence-corrected chi connectivity index (χ1v) is 18.2. The van der Waals surface area contributed by atoms with Gasteiger partial charge in [0.25, 0.3) is 0 Å². The van der Waals surface area contributed by atoms with Crippen molar-refractivity contribution in [2.24, 2.45) is 0 Å². The number of furan rings is 3. The lowest BCUT2D eigenvalue weighted by molar-refractivity contribution is 0.577. The molecule has 7 aromatic carbocycles. The summed E-state index contributed by atoms with van der Waals surface area (Å²) in [7, 11) is 0. The van der Waals surface area contributed by atoms with Crippen molar-refractivity contribution in [3.63, 3.8) is 0 Å². The smallest absolute Gasteiger partial charge is 0.145 e. The molecule has 5 heteroatoms. The molecule has 5 aromatic heterocycles. The normalized spacial score (nSPS) is 12.5. The third kappa shape index (κ3) is 3.82. The second-order valence-corrected chi connectivity index (χ2v) is 14.1. The van der Waals surface area contributed by atoms with Gasteiger partial charge in [0, 0.05) is 54.6 Å². The number of aromatic nitrogens is 2. The van der Waals surface area contributed by atoms with Crippen LogP contribution in [-0.4, -0.2) is 9.13 Å². The molecule has 0 unspecified atom stereocenters. The number of benzene rings is 7. The highest BCUT2D eigenvalue weighted by atomic mass is 16.3. The molecule has 0 amide bonds. The van der Waals surface area contributed by atoms with Gasteiger partial charge in [-0.3, -0.25) is 0 Å². The second-order valence-electron chi connectivity index (χ2n) is 14.1. The van der Waals surface area contributed by atoms with Crippen LogP contribution in [0.3, 0.4) is 0 Å². The third-order valence-electron chi connectivity index (χ3n) is 11.2. The van der Waals surface area contributed by atoms with E-state index in [2.05, 4.69) is 143 Å². The Morgan fingerprint density at radius 3 is 1.63 bits per heavy atom. The summed E-state index contributed by atoms with van der Waals surface area (Å²) in [6.45, 7) is 5.88. The van der Waals surface area contributed by atoms with E-state index >= 15 is 0 Å². The van der Waals surface area contributed by atoms with Gasteiger partial charge in [0.05, 0.1) is 32.8 Å². The molecule has 0 bridgehead atoms. The van der Waals surface area contributed by atoms with Crippen LogP contribution in [0, 0.1) is 6.92 Å². The highest BCUT2D eigenvalue weighted by Gasteiger charge is 2.23. The predicted octanol–water partition coefficient (Wildman–Crippen LogP) is 13.9. The number of allylic oxidation sites excluding steroid dienone is 2. The maximum absolute atomic E-state index is 7.17. The van der Waals surface area contributed by atoms with Crippen LogP contribution >= 0.6 is 0 Å². The molecule has 0 atom stereocenters. The standard InChI is InChI=1S/C49H30N2O3/c1-3-4-11-31-28(2)52-44-24-18-29(26-37(31)44)50-39-15-8-5-13-35(39)46-41(50)22-20-33-34-21-23-42-47(49(34)54-48(33)46)36-14-6-9-16-40(36)51(42)30-19-25-45-38(27-30)32-12-7-10-17-43(32)53-45/h3-27H,1H2,2H3/b11-4-. The molecule has 0 aliphatic carbocycles. The molecule has 0 radical (unpaired) electrons. The lowest BCUT2D eigenvalue weighted by Gasteiger charge is -2.08. The molecule has 5 heterocycles. The zero-order chi connectivity index (χ0) is 35.7. The summed E-state index contributed by atoms with van der Waals surface area (Å²) in [5.74, 6) is 0.884. The minimum Gasteiger partial charge on any atom is -0.461 e. The molecule has 0 aliphatic heterocycles. The van der Waals surface area contributed by atoms with Crippen molar-refractivity contribution in [3.05, 3.63) is 164 Å². The number of rotatable bonds is 4. The number of aryl methyl sites for hydroxylation is 1. The molecule has 12 aromatic rings. The fourth-order valence-electron chi connectivity index (χ4n) is 8.94. The van der Waals surface area contributed by atoms with Crippen LogP contribution in [0.2, 0.25) is 0 Å². The Balaban J connectivity index is 1.14. The van der Waals surface area contributed by atoms with Gasteiger partial charge in [0.2, 0.25) is 0 Å². The maximum Gasteiger partial charge on any atom is 0.145 e. The van der Waals surface area contributed by atoms with Crippen LogP contribution in [0.25, 0.3) is 116 Å². The van der Waals surface area contributed by atoms with E-state index in [0.29, 0.717) is 0 Å². The average molecular weight is 695 g/mol. The minimum absolute atomic E-state index is 0.863. The topological polar surface area (TPSA) is 49.3 Å². The SMILES string of the molecule is C=C/C=C\c1c(C)oc2ccc(-n3c4ccccc4c4c5oc6c(ccc7c6c6ccccc6n7-c6ccc7oc8ccccc8c7c6)c5ccc43)cc12. The molecule has 0 N–H and O–H groups in total. The van der Waals surface area contributed by atoms with Crippen molar-refractivity contribution in [2.45, 2.75) is 6.92 Å². The quantitative estimate of drug-likeness (QED) is 0.172. The van der Waals surface area contributed by atoms with E-state index in [1.54, 1.807) is 6.08 Å². The van der Waals surface area contributed by atoms with Crippen molar-refractivity contribution in [1.29, 1.82) is 0 Å². The maximum atomic E-state index is 7.17. The lowest BCUT2D eigenvalue weighted by Crippen LogP contribution is -1.93. The van der Waals surface area contributed by atoms with Crippen LogP contribution < -0.4 is 0 Å². The first-order chi connectivity index (χ1) is 26.7. The Kier molecular flexibility index (Phi) is 5.79. The van der Waals surface area contributed by atoms with Gasteiger partial charge in [0.1, 0.15) is 33.7 Å². The van der Waals surface area contributed by atoms with E-state index in [1.165, 1.54) is 0 Å². The predicted molar refractivity (Wildman–Crippen MR) is 223 cm³/mol. The van der Waals surface area contributed by atoms with Crippen LogP contribution in [0.4, 0.5) is 0 Å². The van der Waals surface area contributed by atoms with Gasteiger partial charge in [-0.05, 0) is 85.8 Å². The van der Waals surface area contributed by atoms with Crippen molar-refractivity contribution in [2.75, 3.05) is 0 Å². The Bertz CT molecular complexity index is 3600. The minimum atomic E-state index is 0.863. The van der Waals surface area contributed by atoms with E-state index in [1.807, 2.05) is 25.1 Å². The molecule has 5 nitrogen and oxygen atoms in total. The molecule has 0 saturated carbocycles. The number of hydrogen-bond acceptors (Lipinski definition) is 3. The monoisotopic (exact) mass is 694 g/mol. The third-order valence-corrected chi connectivity index (χ3v) is 11.2. The van der Waals surface area contributed by atoms with Crippen LogP contribution in [0.1, 0.15) is 11.3 Å². The molecule has 0 fully saturated rings. The number of para-hydroxylation sites is 3. The zero-order valence-electron chi connectivity index (χ0n) is 29.3. The highest BCUT2D eigenvalue weighted by Crippen LogP contribution is 2.45. The average Bonchev–Trinajstić information content (AvgIpc) is 4.00. The van der Waals surface area contributed by atoms with E-state index in [-0.39, 0.29) is 0 Å². The lowest BCUT2D eigenvalue weighted by atomic mass is 10.1. The van der Waals surface area contributed by atoms with Gasteiger partial charge in [-0.2, -0.15) is 0 Å². The van der Waals surface area contributed by atoms with Crippen LogP contribution in [0.5, 0.6) is 0 Å². The second kappa shape index (κ2) is 10.7. The molecular weight excluding hydrogens is 665 g/mol. The van der Waals surface area contributed by atoms with Crippen molar-refractivity contribution in [1.82, 2.24) is 9.13 Å². The van der Waals surface area contributed by atoms with E-state index in [4.69, 9.17) is 13.3 Å². The van der Waals surface area contributed by atoms with Gasteiger partial charge in [-0.15, -0.1) is 0 Å². The fourth-order valence-corrected chi connectivity index (χ4v) is 8.94. The molecule has 254 valence electrons.